The number of allylic oxidation sites excluding steroid dienone is 4. The van der Waals surface area contributed by atoms with Gasteiger partial charge in [0.05, 0.1) is 0 Å². The number of Topliss-reactive ketones (excluding diaryl/α,β-unsaturated/α-hetero) is 2. The van der Waals surface area contributed by atoms with Crippen LogP contribution in [0.15, 0.2) is 119 Å². The first-order chi connectivity index (χ1) is 27.8. The second-order valence-corrected chi connectivity index (χ2v) is 17.8. The molecule has 1 aliphatic heterocycles. The summed E-state index contributed by atoms with van der Waals surface area (Å²) in [5, 5.41) is 0. The Kier molecular flexibility index (Phi) is 12.2. The fourth-order valence-corrected chi connectivity index (χ4v) is 7.99. The molecule has 4 aromatic rings. The quantitative estimate of drug-likeness (QED) is 0.177. The van der Waals surface area contributed by atoms with Crippen molar-refractivity contribution in [1.29, 1.82) is 0 Å². The summed E-state index contributed by atoms with van der Waals surface area (Å²) in [6.45, 7) is 14.7. The van der Waals surface area contributed by atoms with Crippen molar-refractivity contribution in [3.8, 4) is 23.0 Å². The molecule has 0 aromatic heterocycles. The summed E-state index contributed by atoms with van der Waals surface area (Å²) in [6.07, 6.45) is 10.7. The highest BCUT2D eigenvalue weighted by atomic mass is 16.5. The molecule has 2 saturated carbocycles. The van der Waals surface area contributed by atoms with Gasteiger partial charge in [-0.3, -0.25) is 9.59 Å². The molecule has 0 radical (unpaired) electrons. The molecule has 0 atom stereocenters. The highest BCUT2D eigenvalue weighted by Gasteiger charge is 2.36. The fraction of sp³-hybridized carbons (Fsp3) is 0.346. The number of carbonyl (C=O) groups is 2. The smallest absolute Gasteiger partial charge is 0.185 e. The summed E-state index contributed by atoms with van der Waals surface area (Å²) in [6, 6.07) is 31.4. The number of fused-ring (bicyclic) bond motifs is 8. The van der Waals surface area contributed by atoms with Crippen molar-refractivity contribution in [3.05, 3.63) is 142 Å². The van der Waals surface area contributed by atoms with E-state index in [1.165, 1.54) is 0 Å². The summed E-state index contributed by atoms with van der Waals surface area (Å²) in [4.78, 5) is 28.6. The lowest BCUT2D eigenvalue weighted by molar-refractivity contribution is -0.114. The number of benzene rings is 4. The third kappa shape index (κ3) is 9.73. The zero-order valence-corrected chi connectivity index (χ0v) is 34.8. The van der Waals surface area contributed by atoms with Crippen LogP contribution in [-0.2, 0) is 9.59 Å². The van der Waals surface area contributed by atoms with E-state index in [0.29, 0.717) is 75.1 Å². The SMILES string of the molecule is CC(C)(C)C1C/C2=C\c3ccccc3OCCOc3ccccc3/C=C3\CC(C(C)(C)C)C/C(=C\c4ccccc4OCCOc4ccccc4/C=C(\C1)C2=O)C3=O. The van der Waals surface area contributed by atoms with Gasteiger partial charge >= 0.3 is 0 Å². The minimum absolute atomic E-state index is 0.0151. The van der Waals surface area contributed by atoms with Crippen LogP contribution in [0.1, 0.15) is 89.5 Å². The summed E-state index contributed by atoms with van der Waals surface area (Å²) in [7, 11) is 0. The van der Waals surface area contributed by atoms with Crippen LogP contribution in [0.25, 0.3) is 24.3 Å². The molecule has 0 N–H and O–H groups in total. The fourth-order valence-electron chi connectivity index (χ4n) is 7.99. The number of para-hydroxylation sites is 4. The largest absolute Gasteiger partial charge is 0.489 e. The molecule has 4 bridgehead atoms. The van der Waals surface area contributed by atoms with Gasteiger partial charge in [0, 0.05) is 44.5 Å². The molecule has 300 valence electrons. The monoisotopic (exact) mass is 776 g/mol. The lowest BCUT2D eigenvalue weighted by Gasteiger charge is -2.35. The van der Waals surface area contributed by atoms with Gasteiger partial charge in [-0.2, -0.15) is 0 Å². The third-order valence-corrected chi connectivity index (χ3v) is 11.7. The van der Waals surface area contributed by atoms with E-state index in [-0.39, 0.29) is 34.2 Å². The maximum absolute atomic E-state index is 14.3. The van der Waals surface area contributed by atoms with Crippen LogP contribution < -0.4 is 18.9 Å². The van der Waals surface area contributed by atoms with Crippen molar-refractivity contribution in [1.82, 2.24) is 0 Å². The molecule has 6 heteroatoms. The molecule has 0 amide bonds. The molecule has 0 saturated heterocycles. The van der Waals surface area contributed by atoms with Crippen molar-refractivity contribution >= 4 is 35.9 Å². The van der Waals surface area contributed by atoms with Gasteiger partial charge in [-0.1, -0.05) is 114 Å². The molecule has 6 nitrogen and oxygen atoms in total. The molecule has 0 spiro atoms. The van der Waals surface area contributed by atoms with Gasteiger partial charge < -0.3 is 18.9 Å². The van der Waals surface area contributed by atoms with Crippen molar-refractivity contribution in [3.63, 3.8) is 0 Å². The molecule has 0 unspecified atom stereocenters. The predicted molar refractivity (Wildman–Crippen MR) is 234 cm³/mol. The first-order valence-corrected chi connectivity index (χ1v) is 20.6. The first-order valence-electron chi connectivity index (χ1n) is 20.6. The van der Waals surface area contributed by atoms with E-state index in [2.05, 4.69) is 41.5 Å². The predicted octanol–water partition coefficient (Wildman–Crippen LogP) is 11.9. The second kappa shape index (κ2) is 17.5. The van der Waals surface area contributed by atoms with Crippen molar-refractivity contribution in [2.24, 2.45) is 22.7 Å². The van der Waals surface area contributed by atoms with Crippen LogP contribution in [0, 0.1) is 22.7 Å². The Morgan fingerprint density at radius 2 is 0.603 bits per heavy atom. The van der Waals surface area contributed by atoms with E-state index in [9.17, 15) is 9.59 Å². The number of hydrogen-bond acceptors (Lipinski definition) is 6. The van der Waals surface area contributed by atoms with Gasteiger partial charge in [0.1, 0.15) is 49.4 Å². The molecule has 1 heterocycles. The molecule has 7 rings (SSSR count). The van der Waals surface area contributed by atoms with Crippen molar-refractivity contribution < 1.29 is 28.5 Å². The van der Waals surface area contributed by atoms with Crippen LogP contribution in [0.4, 0.5) is 0 Å². The topological polar surface area (TPSA) is 71.1 Å². The van der Waals surface area contributed by atoms with E-state index in [0.717, 1.165) is 44.5 Å². The highest BCUT2D eigenvalue weighted by molar-refractivity contribution is 6.15. The molecule has 2 aliphatic carbocycles. The molecular formula is C52H56O6. The van der Waals surface area contributed by atoms with E-state index < -0.39 is 0 Å². The number of ether oxygens (including phenoxy) is 4. The van der Waals surface area contributed by atoms with E-state index in [1.54, 1.807) is 0 Å². The number of rotatable bonds is 0. The van der Waals surface area contributed by atoms with Gasteiger partial charge in [0.15, 0.2) is 11.6 Å². The van der Waals surface area contributed by atoms with Crippen LogP contribution in [0.5, 0.6) is 23.0 Å². The average molecular weight is 777 g/mol. The normalized spacial score (nSPS) is 23.3. The summed E-state index contributed by atoms with van der Waals surface area (Å²) in [5.41, 5.74) is 6.44. The van der Waals surface area contributed by atoms with E-state index >= 15 is 0 Å². The molecule has 58 heavy (non-hydrogen) atoms. The first kappa shape index (κ1) is 40.6. The second-order valence-electron chi connectivity index (χ2n) is 17.8. The Morgan fingerprint density at radius 1 is 0.379 bits per heavy atom. The third-order valence-electron chi connectivity index (χ3n) is 11.7. The van der Waals surface area contributed by atoms with Crippen LogP contribution >= 0.6 is 0 Å². The summed E-state index contributed by atoms with van der Waals surface area (Å²) in [5.74, 6) is 3.38. The molecule has 3 aliphatic rings. The van der Waals surface area contributed by atoms with Gasteiger partial charge in [-0.15, -0.1) is 0 Å². The van der Waals surface area contributed by atoms with Gasteiger partial charge in [-0.05, 0) is 96.9 Å². The Bertz CT molecular complexity index is 1970. The Labute approximate surface area is 344 Å². The van der Waals surface area contributed by atoms with Crippen molar-refractivity contribution in [2.45, 2.75) is 67.2 Å². The standard InChI is InChI=1S/C52H56O6/c1-51(2,3)43-31-39-27-35-15-7-11-19-45(35)55-23-25-57-47-21-13-9-17-37(47)29-41-33-44(52(4,5)6)34-42(50(41)54)30-38-18-10-14-22-48(38)58-26-24-56-46-20-12-8-16-36(46)28-40(32-43)49(39)53/h7-22,27-30,43-44H,23-26,31-34H2,1-6H3/b39-27+,40-28+,41-29+,42-30+. The summed E-state index contributed by atoms with van der Waals surface area (Å²) < 4.78 is 25.4. The Hall–Kier alpha value is -5.62. The van der Waals surface area contributed by atoms with Crippen LogP contribution in [-0.4, -0.2) is 38.0 Å². The maximum Gasteiger partial charge on any atom is 0.185 e. The molecule has 2 fully saturated rings. The zero-order chi connectivity index (χ0) is 40.9. The minimum atomic E-state index is -0.0151. The van der Waals surface area contributed by atoms with Crippen molar-refractivity contribution in [2.75, 3.05) is 26.4 Å². The average Bonchev–Trinajstić information content (AvgIpc) is 3.19. The lowest BCUT2D eigenvalue weighted by Crippen LogP contribution is -2.29. The Balaban J connectivity index is 1.27. The Morgan fingerprint density at radius 3 is 0.828 bits per heavy atom. The van der Waals surface area contributed by atoms with E-state index in [1.807, 2.05) is 121 Å². The highest BCUT2D eigenvalue weighted by Crippen LogP contribution is 2.44. The molecule has 4 aromatic carbocycles. The van der Waals surface area contributed by atoms with E-state index in [4.69, 9.17) is 18.9 Å². The molecular weight excluding hydrogens is 721 g/mol. The van der Waals surface area contributed by atoms with Gasteiger partial charge in [0.2, 0.25) is 0 Å². The van der Waals surface area contributed by atoms with Crippen LogP contribution in [0.2, 0.25) is 0 Å². The number of hydrogen-bond donors (Lipinski definition) is 0. The zero-order valence-electron chi connectivity index (χ0n) is 34.8. The lowest BCUT2D eigenvalue weighted by atomic mass is 9.68. The maximum atomic E-state index is 14.3. The van der Waals surface area contributed by atoms with Crippen LogP contribution in [0.3, 0.4) is 0 Å². The number of carbonyl (C=O) groups excluding carboxylic acids is 2. The summed E-state index contributed by atoms with van der Waals surface area (Å²) >= 11 is 0. The van der Waals surface area contributed by atoms with Gasteiger partial charge in [0.25, 0.3) is 0 Å². The number of ketones is 2. The van der Waals surface area contributed by atoms with Gasteiger partial charge in [-0.25, -0.2) is 0 Å². The minimum Gasteiger partial charge on any atom is -0.489 e.